The zero-order valence-corrected chi connectivity index (χ0v) is 14.8. The summed E-state index contributed by atoms with van der Waals surface area (Å²) in [7, 11) is 0. The summed E-state index contributed by atoms with van der Waals surface area (Å²) in [6, 6.07) is 13.2. The number of rotatable bonds is 4. The predicted octanol–water partition coefficient (Wildman–Crippen LogP) is 5.49. The Morgan fingerprint density at radius 3 is 2.62 bits per heavy atom. The minimum absolute atomic E-state index is 0.338. The van der Waals surface area contributed by atoms with Crippen LogP contribution in [-0.2, 0) is 6.54 Å². The molecule has 0 saturated carbocycles. The Morgan fingerprint density at radius 1 is 1.17 bits per heavy atom. The fraction of sp³-hybridized carbons (Fsp3) is 0.250. The number of hydrogen-bond acceptors (Lipinski definition) is 3. The van der Waals surface area contributed by atoms with Gasteiger partial charge in [-0.05, 0) is 53.8 Å². The van der Waals surface area contributed by atoms with Crippen LogP contribution in [0.1, 0.15) is 36.5 Å². The van der Waals surface area contributed by atoms with Gasteiger partial charge in [-0.25, -0.2) is 4.79 Å². The van der Waals surface area contributed by atoms with Crippen LogP contribution < -0.4 is 10.9 Å². The van der Waals surface area contributed by atoms with Gasteiger partial charge in [0.15, 0.2) is 0 Å². The zero-order valence-electron chi connectivity index (χ0n) is 14.0. The highest BCUT2D eigenvalue weighted by atomic mass is 35.5. The number of halogens is 1. The van der Waals surface area contributed by atoms with Gasteiger partial charge in [-0.2, -0.15) is 0 Å². The molecule has 1 N–H and O–H groups in total. The number of hydrogen-bond donors (Lipinski definition) is 1. The SMILES string of the molecule is Cc1cc2oc(=O)cc(CNc3ccccc3Cl)c2cc1C(C)C. The maximum absolute atomic E-state index is 11.9. The van der Waals surface area contributed by atoms with Crippen molar-refractivity contribution in [3.8, 4) is 0 Å². The molecule has 3 aromatic rings. The Hall–Kier alpha value is -2.26. The van der Waals surface area contributed by atoms with E-state index in [1.807, 2.05) is 37.3 Å². The summed E-state index contributed by atoms with van der Waals surface area (Å²) in [6.45, 7) is 6.87. The van der Waals surface area contributed by atoms with E-state index < -0.39 is 0 Å². The molecule has 3 nitrogen and oxygen atoms in total. The molecule has 0 unspecified atom stereocenters. The molecule has 0 radical (unpaired) electrons. The smallest absolute Gasteiger partial charge is 0.336 e. The summed E-state index contributed by atoms with van der Waals surface area (Å²) in [5.74, 6) is 0.408. The molecule has 0 spiro atoms. The van der Waals surface area contributed by atoms with E-state index in [-0.39, 0.29) is 5.63 Å². The number of aryl methyl sites for hydroxylation is 1. The molecule has 24 heavy (non-hydrogen) atoms. The zero-order chi connectivity index (χ0) is 17.3. The van der Waals surface area contributed by atoms with Crippen LogP contribution in [0.25, 0.3) is 11.0 Å². The minimum atomic E-state index is -0.338. The van der Waals surface area contributed by atoms with Gasteiger partial charge in [0, 0.05) is 18.0 Å². The molecule has 1 heterocycles. The van der Waals surface area contributed by atoms with Gasteiger partial charge in [-0.15, -0.1) is 0 Å². The van der Waals surface area contributed by atoms with E-state index in [0.717, 1.165) is 22.2 Å². The van der Waals surface area contributed by atoms with Crippen molar-refractivity contribution in [2.75, 3.05) is 5.32 Å². The van der Waals surface area contributed by atoms with E-state index in [9.17, 15) is 4.79 Å². The molecule has 1 aromatic heterocycles. The van der Waals surface area contributed by atoms with E-state index in [4.69, 9.17) is 16.0 Å². The molecule has 0 fully saturated rings. The largest absolute Gasteiger partial charge is 0.423 e. The van der Waals surface area contributed by atoms with Crippen molar-refractivity contribution in [1.29, 1.82) is 0 Å². The molecule has 3 rings (SSSR count). The van der Waals surface area contributed by atoms with Crippen molar-refractivity contribution >= 4 is 28.3 Å². The fourth-order valence-electron chi connectivity index (χ4n) is 2.95. The van der Waals surface area contributed by atoms with Gasteiger partial charge < -0.3 is 9.73 Å². The van der Waals surface area contributed by atoms with Crippen molar-refractivity contribution in [3.05, 3.63) is 74.6 Å². The predicted molar refractivity (Wildman–Crippen MR) is 100 cm³/mol. The van der Waals surface area contributed by atoms with Crippen molar-refractivity contribution < 1.29 is 4.42 Å². The maximum atomic E-state index is 11.9. The lowest BCUT2D eigenvalue weighted by molar-refractivity contribution is 0.558. The number of para-hydroxylation sites is 1. The van der Waals surface area contributed by atoms with Crippen LogP contribution in [0.15, 0.2) is 51.7 Å². The molecule has 0 aliphatic rings. The number of fused-ring (bicyclic) bond motifs is 1. The molecule has 4 heteroatoms. The summed E-state index contributed by atoms with van der Waals surface area (Å²) in [4.78, 5) is 11.9. The maximum Gasteiger partial charge on any atom is 0.336 e. The van der Waals surface area contributed by atoms with Gasteiger partial charge in [0.2, 0.25) is 0 Å². The Kier molecular flexibility index (Phi) is 4.63. The fourth-order valence-corrected chi connectivity index (χ4v) is 3.16. The first kappa shape index (κ1) is 16.6. The van der Waals surface area contributed by atoms with Crippen molar-refractivity contribution in [3.63, 3.8) is 0 Å². The van der Waals surface area contributed by atoms with Gasteiger partial charge >= 0.3 is 5.63 Å². The molecular formula is C20H20ClNO2. The van der Waals surface area contributed by atoms with Crippen LogP contribution in [0.2, 0.25) is 5.02 Å². The topological polar surface area (TPSA) is 42.2 Å². The van der Waals surface area contributed by atoms with Gasteiger partial charge in [0.1, 0.15) is 5.58 Å². The summed E-state index contributed by atoms with van der Waals surface area (Å²) in [5, 5.41) is 4.92. The van der Waals surface area contributed by atoms with Crippen LogP contribution in [0.3, 0.4) is 0 Å². The molecule has 124 valence electrons. The van der Waals surface area contributed by atoms with Gasteiger partial charge in [0.25, 0.3) is 0 Å². The molecule has 0 aliphatic carbocycles. The Morgan fingerprint density at radius 2 is 1.92 bits per heavy atom. The molecule has 0 amide bonds. The second-order valence-corrected chi connectivity index (χ2v) is 6.69. The van der Waals surface area contributed by atoms with Crippen LogP contribution >= 0.6 is 11.6 Å². The van der Waals surface area contributed by atoms with Crippen LogP contribution in [-0.4, -0.2) is 0 Å². The van der Waals surface area contributed by atoms with Crippen LogP contribution in [0.5, 0.6) is 0 Å². The molecule has 0 saturated heterocycles. The van der Waals surface area contributed by atoms with E-state index in [0.29, 0.717) is 23.1 Å². The Labute approximate surface area is 146 Å². The standard InChI is InChI=1S/C20H20ClNO2/c1-12(2)15-10-16-14(9-20(23)24-19(16)8-13(15)3)11-22-18-7-5-4-6-17(18)21/h4-10,12,22H,11H2,1-3H3. The lowest BCUT2D eigenvalue weighted by Gasteiger charge is -2.14. The first-order valence-corrected chi connectivity index (χ1v) is 8.39. The molecule has 2 aromatic carbocycles. The summed E-state index contributed by atoms with van der Waals surface area (Å²) < 4.78 is 5.38. The Bertz CT molecular complexity index is 944. The van der Waals surface area contributed by atoms with E-state index in [2.05, 4.69) is 25.2 Å². The first-order valence-electron chi connectivity index (χ1n) is 8.01. The average molecular weight is 342 g/mol. The van der Waals surface area contributed by atoms with E-state index in [1.165, 1.54) is 5.56 Å². The highest BCUT2D eigenvalue weighted by Crippen LogP contribution is 2.28. The summed E-state index contributed by atoms with van der Waals surface area (Å²) >= 11 is 6.18. The average Bonchev–Trinajstić information content (AvgIpc) is 2.52. The monoisotopic (exact) mass is 341 g/mol. The highest BCUT2D eigenvalue weighted by molar-refractivity contribution is 6.33. The number of anilines is 1. The molecule has 0 bridgehead atoms. The second-order valence-electron chi connectivity index (χ2n) is 6.28. The lowest BCUT2D eigenvalue weighted by atomic mass is 9.95. The molecule has 0 aliphatic heterocycles. The first-order chi connectivity index (χ1) is 11.5. The van der Waals surface area contributed by atoms with Crippen LogP contribution in [0, 0.1) is 6.92 Å². The van der Waals surface area contributed by atoms with E-state index in [1.54, 1.807) is 6.07 Å². The molecular weight excluding hydrogens is 322 g/mol. The van der Waals surface area contributed by atoms with Crippen LogP contribution in [0.4, 0.5) is 5.69 Å². The summed E-state index contributed by atoms with van der Waals surface area (Å²) in [5.41, 5.74) is 4.43. The van der Waals surface area contributed by atoms with Crippen molar-refractivity contribution in [2.24, 2.45) is 0 Å². The van der Waals surface area contributed by atoms with Gasteiger partial charge in [-0.3, -0.25) is 0 Å². The quantitative estimate of drug-likeness (QED) is 0.638. The van der Waals surface area contributed by atoms with Gasteiger partial charge in [-0.1, -0.05) is 37.6 Å². The minimum Gasteiger partial charge on any atom is -0.423 e. The van der Waals surface area contributed by atoms with Crippen molar-refractivity contribution in [2.45, 2.75) is 33.2 Å². The van der Waals surface area contributed by atoms with Gasteiger partial charge in [0.05, 0.1) is 10.7 Å². The molecule has 0 atom stereocenters. The third-order valence-electron chi connectivity index (χ3n) is 4.18. The number of benzene rings is 2. The summed E-state index contributed by atoms with van der Waals surface area (Å²) in [6.07, 6.45) is 0. The Balaban J connectivity index is 2.04. The second kappa shape index (κ2) is 6.70. The highest BCUT2D eigenvalue weighted by Gasteiger charge is 2.11. The normalized spacial score (nSPS) is 11.2. The van der Waals surface area contributed by atoms with E-state index >= 15 is 0 Å². The lowest BCUT2D eigenvalue weighted by Crippen LogP contribution is -2.07. The third kappa shape index (κ3) is 3.31. The number of nitrogens with one attached hydrogen (secondary N) is 1. The van der Waals surface area contributed by atoms with Crippen molar-refractivity contribution in [1.82, 2.24) is 0 Å². The third-order valence-corrected chi connectivity index (χ3v) is 4.51.